The summed E-state index contributed by atoms with van der Waals surface area (Å²) in [6.07, 6.45) is 4.98. The molecule has 1 saturated carbocycles. The first-order valence-corrected chi connectivity index (χ1v) is 7.10. The van der Waals surface area contributed by atoms with Crippen molar-refractivity contribution in [2.24, 2.45) is 10.2 Å². The molecule has 1 aliphatic carbocycles. The van der Waals surface area contributed by atoms with Gasteiger partial charge in [0.05, 0.1) is 19.8 Å². The molecule has 1 unspecified atom stereocenters. The summed E-state index contributed by atoms with van der Waals surface area (Å²) in [5.74, 6) is 1.56. The van der Waals surface area contributed by atoms with Crippen LogP contribution in [-0.2, 0) is 6.54 Å². The second-order valence-corrected chi connectivity index (χ2v) is 5.35. The van der Waals surface area contributed by atoms with Crippen molar-refractivity contribution in [2.45, 2.75) is 43.8 Å². The second kappa shape index (κ2) is 5.37. The molecule has 1 aromatic rings. The number of hydrogen-bond acceptors (Lipinski definition) is 4. The van der Waals surface area contributed by atoms with Crippen molar-refractivity contribution in [3.05, 3.63) is 23.3 Å². The van der Waals surface area contributed by atoms with Crippen LogP contribution in [0.15, 0.2) is 22.4 Å². The zero-order valence-corrected chi connectivity index (χ0v) is 11.7. The van der Waals surface area contributed by atoms with E-state index in [1.807, 2.05) is 12.1 Å². The van der Waals surface area contributed by atoms with E-state index >= 15 is 0 Å². The Balaban J connectivity index is 1.97. The summed E-state index contributed by atoms with van der Waals surface area (Å²) in [5, 5.41) is 8.06. The van der Waals surface area contributed by atoms with E-state index in [9.17, 15) is 0 Å². The van der Waals surface area contributed by atoms with Gasteiger partial charge in [0.1, 0.15) is 0 Å². The summed E-state index contributed by atoms with van der Waals surface area (Å²) in [6, 6.07) is 3.85. The Hall–Kier alpha value is -1.29. The van der Waals surface area contributed by atoms with Crippen LogP contribution < -0.4 is 9.47 Å². The average molecular weight is 281 g/mol. The van der Waals surface area contributed by atoms with Crippen LogP contribution in [0.3, 0.4) is 0 Å². The maximum absolute atomic E-state index is 6.17. The van der Waals surface area contributed by atoms with Crippen LogP contribution in [0.25, 0.3) is 0 Å². The summed E-state index contributed by atoms with van der Waals surface area (Å²) in [5.41, 5.74) is 1.58. The van der Waals surface area contributed by atoms with Crippen molar-refractivity contribution in [1.29, 1.82) is 0 Å². The van der Waals surface area contributed by atoms with Gasteiger partial charge in [0, 0.05) is 11.1 Å². The van der Waals surface area contributed by atoms with Crippen molar-refractivity contribution in [3.63, 3.8) is 0 Å². The van der Waals surface area contributed by atoms with E-state index in [4.69, 9.17) is 21.1 Å². The predicted octanol–water partition coefficient (Wildman–Crippen LogP) is 4.22. The number of benzene rings is 1. The number of fused-ring (bicyclic) bond motifs is 1. The predicted molar refractivity (Wildman–Crippen MR) is 73.0 cm³/mol. The zero-order chi connectivity index (χ0) is 13.2. The molecule has 102 valence electrons. The molecule has 0 N–H and O–H groups in total. The van der Waals surface area contributed by atoms with Gasteiger partial charge in [-0.1, -0.05) is 17.7 Å². The summed E-state index contributed by atoms with van der Waals surface area (Å²) in [7, 11) is 1.66. The van der Waals surface area contributed by atoms with Gasteiger partial charge in [-0.2, -0.15) is 10.2 Å². The summed E-state index contributed by atoms with van der Waals surface area (Å²) in [6.45, 7) is 0.512. The van der Waals surface area contributed by atoms with Crippen molar-refractivity contribution >= 4 is 11.6 Å². The fourth-order valence-electron chi connectivity index (χ4n) is 2.72. The third kappa shape index (κ3) is 2.41. The Kier molecular flexibility index (Phi) is 3.60. The molecule has 4 nitrogen and oxygen atoms in total. The Morgan fingerprint density at radius 3 is 2.79 bits per heavy atom. The molecule has 0 aromatic heterocycles. The SMILES string of the molecule is COc1ccc2c(c1OC1CCCC1)CN=NC2Cl. The monoisotopic (exact) mass is 280 g/mol. The average Bonchev–Trinajstić information content (AvgIpc) is 2.93. The molecule has 1 fully saturated rings. The van der Waals surface area contributed by atoms with Gasteiger partial charge >= 0.3 is 0 Å². The number of hydrogen-bond donors (Lipinski definition) is 0. The number of ether oxygens (including phenoxy) is 2. The fourth-order valence-corrected chi connectivity index (χ4v) is 2.98. The highest BCUT2D eigenvalue weighted by Gasteiger charge is 2.26. The standard InChI is InChI=1S/C14H17ClN2O2/c1-18-12-7-6-10-11(8-16-17-14(10)15)13(12)19-9-4-2-3-5-9/h6-7,9,14H,2-5,8H2,1H3. The smallest absolute Gasteiger partial charge is 0.169 e. The molecule has 5 heteroatoms. The van der Waals surface area contributed by atoms with Gasteiger partial charge in [-0.15, -0.1) is 0 Å². The molecular formula is C14H17ClN2O2. The lowest BCUT2D eigenvalue weighted by Gasteiger charge is -2.23. The Bertz CT molecular complexity index is 498. The molecule has 3 rings (SSSR count). The lowest BCUT2D eigenvalue weighted by Crippen LogP contribution is -2.14. The molecule has 1 atom stereocenters. The third-order valence-corrected chi connectivity index (χ3v) is 4.06. The van der Waals surface area contributed by atoms with Gasteiger partial charge in [-0.05, 0) is 31.7 Å². The molecule has 0 amide bonds. The molecule has 1 heterocycles. The van der Waals surface area contributed by atoms with Crippen LogP contribution in [0, 0.1) is 0 Å². The molecule has 1 aliphatic heterocycles. The maximum atomic E-state index is 6.17. The highest BCUT2D eigenvalue weighted by molar-refractivity contribution is 6.20. The number of nitrogens with zero attached hydrogens (tertiary/aromatic N) is 2. The van der Waals surface area contributed by atoms with Crippen LogP contribution in [-0.4, -0.2) is 13.2 Å². The zero-order valence-electron chi connectivity index (χ0n) is 10.9. The summed E-state index contributed by atoms with van der Waals surface area (Å²) < 4.78 is 11.6. The highest BCUT2D eigenvalue weighted by Crippen LogP contribution is 2.42. The van der Waals surface area contributed by atoms with Crippen molar-refractivity contribution in [3.8, 4) is 11.5 Å². The first-order chi connectivity index (χ1) is 9.29. The number of methoxy groups -OCH3 is 1. The van der Waals surface area contributed by atoms with Gasteiger partial charge in [0.2, 0.25) is 0 Å². The molecule has 0 bridgehead atoms. The molecule has 0 saturated heterocycles. The minimum absolute atomic E-state index is 0.285. The molecule has 0 spiro atoms. The number of halogens is 1. The fraction of sp³-hybridized carbons (Fsp3) is 0.571. The van der Waals surface area contributed by atoms with Crippen LogP contribution in [0.5, 0.6) is 11.5 Å². The molecule has 1 aromatic carbocycles. The molecule has 19 heavy (non-hydrogen) atoms. The summed E-state index contributed by atoms with van der Waals surface area (Å²) in [4.78, 5) is 0. The minimum Gasteiger partial charge on any atom is -0.493 e. The van der Waals surface area contributed by atoms with Crippen molar-refractivity contribution < 1.29 is 9.47 Å². The first kappa shape index (κ1) is 12.7. The van der Waals surface area contributed by atoms with Gasteiger partial charge in [-0.25, -0.2) is 0 Å². The molecule has 2 aliphatic rings. The quantitative estimate of drug-likeness (QED) is 0.614. The van der Waals surface area contributed by atoms with Crippen molar-refractivity contribution in [1.82, 2.24) is 0 Å². The van der Waals surface area contributed by atoms with E-state index in [0.29, 0.717) is 6.54 Å². The second-order valence-electron chi connectivity index (χ2n) is 4.94. The van der Waals surface area contributed by atoms with Crippen LogP contribution in [0.1, 0.15) is 42.3 Å². The van der Waals surface area contributed by atoms with E-state index < -0.39 is 5.50 Å². The van der Waals surface area contributed by atoms with Gasteiger partial charge < -0.3 is 9.47 Å². The number of azo groups is 1. The number of alkyl halides is 1. The van der Waals surface area contributed by atoms with E-state index in [2.05, 4.69) is 10.2 Å². The van der Waals surface area contributed by atoms with Crippen LogP contribution in [0.4, 0.5) is 0 Å². The lowest BCUT2D eigenvalue weighted by molar-refractivity contribution is 0.198. The Morgan fingerprint density at radius 1 is 1.26 bits per heavy atom. The normalized spacial score (nSPS) is 22.3. The maximum Gasteiger partial charge on any atom is 0.169 e. The van der Waals surface area contributed by atoms with E-state index in [-0.39, 0.29) is 6.10 Å². The van der Waals surface area contributed by atoms with Crippen LogP contribution >= 0.6 is 11.6 Å². The summed E-state index contributed by atoms with van der Waals surface area (Å²) >= 11 is 6.17. The van der Waals surface area contributed by atoms with Gasteiger partial charge in [0.15, 0.2) is 17.0 Å². The topological polar surface area (TPSA) is 43.2 Å². The third-order valence-electron chi connectivity index (χ3n) is 3.74. The van der Waals surface area contributed by atoms with Crippen molar-refractivity contribution in [2.75, 3.05) is 7.11 Å². The van der Waals surface area contributed by atoms with E-state index in [1.54, 1.807) is 7.11 Å². The highest BCUT2D eigenvalue weighted by atomic mass is 35.5. The number of rotatable bonds is 3. The minimum atomic E-state index is -0.416. The van der Waals surface area contributed by atoms with Crippen LogP contribution in [0.2, 0.25) is 0 Å². The largest absolute Gasteiger partial charge is 0.493 e. The Morgan fingerprint density at radius 2 is 2.05 bits per heavy atom. The molecular weight excluding hydrogens is 264 g/mol. The van der Waals surface area contributed by atoms with E-state index in [0.717, 1.165) is 35.5 Å². The Labute approximate surface area is 117 Å². The van der Waals surface area contributed by atoms with Gasteiger partial charge in [-0.3, -0.25) is 0 Å². The first-order valence-electron chi connectivity index (χ1n) is 6.66. The lowest BCUT2D eigenvalue weighted by atomic mass is 10.0. The van der Waals surface area contributed by atoms with Gasteiger partial charge in [0.25, 0.3) is 0 Å². The van der Waals surface area contributed by atoms with E-state index in [1.165, 1.54) is 12.8 Å². The molecule has 0 radical (unpaired) electrons.